The summed E-state index contributed by atoms with van der Waals surface area (Å²) in [5, 5.41) is 3.20. The SMILES string of the molecule is COc1cc2c(cc1CN1CCO[C@H](c3cccc(Nc4cnccn4)n3)C1)CCC2. The number of nitrogens with one attached hydrogen (secondary N) is 1. The van der Waals surface area contributed by atoms with Crippen molar-refractivity contribution in [3.63, 3.8) is 0 Å². The molecule has 31 heavy (non-hydrogen) atoms. The van der Waals surface area contributed by atoms with Crippen molar-refractivity contribution in [2.75, 3.05) is 32.1 Å². The third-order valence-electron chi connectivity index (χ3n) is 5.96. The molecule has 0 unspecified atom stereocenters. The van der Waals surface area contributed by atoms with Crippen molar-refractivity contribution in [1.82, 2.24) is 19.9 Å². The van der Waals surface area contributed by atoms with Crippen LogP contribution in [0.3, 0.4) is 0 Å². The lowest BCUT2D eigenvalue weighted by atomic mass is 10.0. The summed E-state index contributed by atoms with van der Waals surface area (Å²) >= 11 is 0. The highest BCUT2D eigenvalue weighted by atomic mass is 16.5. The number of aryl methyl sites for hydroxylation is 2. The Bertz CT molecular complexity index is 1040. The van der Waals surface area contributed by atoms with E-state index in [2.05, 4.69) is 32.3 Å². The first-order valence-corrected chi connectivity index (χ1v) is 10.8. The second-order valence-electron chi connectivity index (χ2n) is 8.04. The predicted molar refractivity (Wildman–Crippen MR) is 119 cm³/mol. The fourth-order valence-corrected chi connectivity index (χ4v) is 4.43. The number of hydrogen-bond donors (Lipinski definition) is 1. The van der Waals surface area contributed by atoms with Crippen LogP contribution in [-0.4, -0.2) is 46.7 Å². The highest BCUT2D eigenvalue weighted by molar-refractivity contribution is 5.50. The maximum absolute atomic E-state index is 6.08. The highest BCUT2D eigenvalue weighted by Crippen LogP contribution is 2.32. The molecule has 0 radical (unpaired) electrons. The van der Waals surface area contributed by atoms with Gasteiger partial charge in [0.05, 0.1) is 25.6 Å². The van der Waals surface area contributed by atoms with Crippen LogP contribution < -0.4 is 10.1 Å². The maximum atomic E-state index is 6.08. The summed E-state index contributed by atoms with van der Waals surface area (Å²) in [5.41, 5.74) is 5.09. The van der Waals surface area contributed by atoms with Gasteiger partial charge in [-0.3, -0.25) is 9.88 Å². The molecule has 1 aromatic carbocycles. The van der Waals surface area contributed by atoms with Gasteiger partial charge in [0, 0.05) is 37.6 Å². The van der Waals surface area contributed by atoms with Crippen LogP contribution in [0.1, 0.15) is 34.9 Å². The van der Waals surface area contributed by atoms with Gasteiger partial charge >= 0.3 is 0 Å². The maximum Gasteiger partial charge on any atom is 0.150 e. The van der Waals surface area contributed by atoms with Crippen LogP contribution in [0.4, 0.5) is 11.6 Å². The monoisotopic (exact) mass is 417 g/mol. The number of benzene rings is 1. The summed E-state index contributed by atoms with van der Waals surface area (Å²) in [5.74, 6) is 2.40. The van der Waals surface area contributed by atoms with E-state index in [0.717, 1.165) is 43.3 Å². The molecule has 1 saturated heterocycles. The van der Waals surface area contributed by atoms with Gasteiger partial charge in [-0.1, -0.05) is 12.1 Å². The van der Waals surface area contributed by atoms with Gasteiger partial charge in [0.2, 0.25) is 0 Å². The fourth-order valence-electron chi connectivity index (χ4n) is 4.43. The minimum absolute atomic E-state index is 0.0715. The molecule has 1 aliphatic carbocycles. The van der Waals surface area contributed by atoms with Crippen LogP contribution in [-0.2, 0) is 24.1 Å². The van der Waals surface area contributed by atoms with Crippen LogP contribution in [0.5, 0.6) is 5.75 Å². The van der Waals surface area contributed by atoms with E-state index >= 15 is 0 Å². The number of fused-ring (bicyclic) bond motifs is 1. The van der Waals surface area contributed by atoms with E-state index in [1.807, 2.05) is 18.2 Å². The summed E-state index contributed by atoms with van der Waals surface area (Å²) in [4.78, 5) is 15.5. The van der Waals surface area contributed by atoms with Gasteiger partial charge in [0.15, 0.2) is 0 Å². The molecule has 1 atom stereocenters. The minimum Gasteiger partial charge on any atom is -0.496 e. The van der Waals surface area contributed by atoms with Gasteiger partial charge < -0.3 is 14.8 Å². The summed E-state index contributed by atoms with van der Waals surface area (Å²) < 4.78 is 11.8. The van der Waals surface area contributed by atoms with E-state index in [9.17, 15) is 0 Å². The van der Waals surface area contributed by atoms with Gasteiger partial charge in [-0.15, -0.1) is 0 Å². The smallest absolute Gasteiger partial charge is 0.150 e. The zero-order chi connectivity index (χ0) is 21.0. The molecule has 7 heteroatoms. The molecule has 0 amide bonds. The largest absolute Gasteiger partial charge is 0.496 e. The number of rotatable bonds is 6. The molecule has 2 aliphatic rings. The molecule has 160 valence electrons. The van der Waals surface area contributed by atoms with Crippen molar-refractivity contribution >= 4 is 11.6 Å². The van der Waals surface area contributed by atoms with Gasteiger partial charge in [0.25, 0.3) is 0 Å². The van der Waals surface area contributed by atoms with E-state index in [1.54, 1.807) is 25.7 Å². The molecule has 0 bridgehead atoms. The number of morpholine rings is 1. The number of nitrogens with zero attached hydrogens (tertiary/aromatic N) is 4. The first-order chi connectivity index (χ1) is 15.3. The van der Waals surface area contributed by atoms with Crippen molar-refractivity contribution in [2.24, 2.45) is 0 Å². The predicted octanol–water partition coefficient (Wildman–Crippen LogP) is 3.69. The second kappa shape index (κ2) is 8.99. The molecule has 1 N–H and O–H groups in total. The normalized spacial score (nSPS) is 18.5. The highest BCUT2D eigenvalue weighted by Gasteiger charge is 2.25. The van der Waals surface area contributed by atoms with Crippen LogP contribution in [0.15, 0.2) is 48.9 Å². The number of methoxy groups -OCH3 is 1. The molecule has 1 fully saturated rings. The standard InChI is InChI=1S/C24H27N5O2/c1-30-21-13-18-5-2-4-17(18)12-19(21)15-29-10-11-31-22(16-29)20-6-3-7-23(27-20)28-24-14-25-8-9-26-24/h3,6-9,12-14,22H,2,4-5,10-11,15-16H2,1H3,(H,26,27,28)/t22-/m0/s1. The van der Waals surface area contributed by atoms with Crippen LogP contribution in [0, 0.1) is 0 Å². The van der Waals surface area contributed by atoms with E-state index < -0.39 is 0 Å². The number of aromatic nitrogens is 3. The molecular formula is C24H27N5O2. The molecule has 0 spiro atoms. The van der Waals surface area contributed by atoms with Crippen molar-refractivity contribution in [1.29, 1.82) is 0 Å². The minimum atomic E-state index is -0.0715. The van der Waals surface area contributed by atoms with Crippen molar-refractivity contribution in [3.8, 4) is 5.75 Å². The molecular weight excluding hydrogens is 390 g/mol. The quantitative estimate of drug-likeness (QED) is 0.656. The average Bonchev–Trinajstić information content (AvgIpc) is 3.27. The Balaban J connectivity index is 1.29. The van der Waals surface area contributed by atoms with Crippen LogP contribution in [0.2, 0.25) is 0 Å². The number of ether oxygens (including phenoxy) is 2. The Kier molecular flexibility index (Phi) is 5.78. The fraction of sp³-hybridized carbons (Fsp3) is 0.375. The Morgan fingerprint density at radius 1 is 1.16 bits per heavy atom. The lowest BCUT2D eigenvalue weighted by Crippen LogP contribution is -2.38. The molecule has 5 rings (SSSR count). The lowest BCUT2D eigenvalue weighted by Gasteiger charge is -2.33. The Hall–Kier alpha value is -3.03. The summed E-state index contributed by atoms with van der Waals surface area (Å²) in [7, 11) is 1.77. The number of pyridine rings is 1. The first-order valence-electron chi connectivity index (χ1n) is 10.8. The zero-order valence-electron chi connectivity index (χ0n) is 17.8. The van der Waals surface area contributed by atoms with E-state index in [0.29, 0.717) is 12.4 Å². The zero-order valence-corrected chi connectivity index (χ0v) is 17.8. The van der Waals surface area contributed by atoms with Gasteiger partial charge in [-0.25, -0.2) is 9.97 Å². The third kappa shape index (κ3) is 4.52. The van der Waals surface area contributed by atoms with Crippen molar-refractivity contribution in [2.45, 2.75) is 31.9 Å². The van der Waals surface area contributed by atoms with E-state index in [1.165, 1.54) is 29.5 Å². The Labute approximate surface area is 182 Å². The van der Waals surface area contributed by atoms with Crippen molar-refractivity contribution in [3.05, 3.63) is 71.3 Å². The molecule has 0 saturated carbocycles. The molecule has 2 aromatic heterocycles. The van der Waals surface area contributed by atoms with Gasteiger partial charge in [-0.2, -0.15) is 0 Å². The second-order valence-corrected chi connectivity index (χ2v) is 8.04. The summed E-state index contributed by atoms with van der Waals surface area (Å²) in [6.45, 7) is 3.23. The third-order valence-corrected chi connectivity index (χ3v) is 5.96. The van der Waals surface area contributed by atoms with Gasteiger partial charge in [-0.05, 0) is 48.6 Å². The molecule has 1 aliphatic heterocycles. The first kappa shape index (κ1) is 19.9. The van der Waals surface area contributed by atoms with E-state index in [4.69, 9.17) is 14.5 Å². The molecule has 3 aromatic rings. The summed E-state index contributed by atoms with van der Waals surface area (Å²) in [6, 6.07) is 10.5. The van der Waals surface area contributed by atoms with Crippen molar-refractivity contribution < 1.29 is 9.47 Å². The lowest BCUT2D eigenvalue weighted by molar-refractivity contribution is -0.0351. The van der Waals surface area contributed by atoms with Crippen LogP contribution in [0.25, 0.3) is 0 Å². The van der Waals surface area contributed by atoms with Gasteiger partial charge in [0.1, 0.15) is 23.5 Å². The topological polar surface area (TPSA) is 72.4 Å². The number of anilines is 2. The Morgan fingerprint density at radius 3 is 2.90 bits per heavy atom. The van der Waals surface area contributed by atoms with E-state index in [-0.39, 0.29) is 6.10 Å². The number of hydrogen-bond acceptors (Lipinski definition) is 7. The molecule has 7 nitrogen and oxygen atoms in total. The average molecular weight is 418 g/mol. The summed E-state index contributed by atoms with van der Waals surface area (Å²) in [6.07, 6.45) is 8.49. The molecule has 3 heterocycles. The Morgan fingerprint density at radius 2 is 2.06 bits per heavy atom. The van der Waals surface area contributed by atoms with Crippen LogP contribution >= 0.6 is 0 Å².